The normalized spacial score (nSPS) is 18.3. The first-order valence-electron chi connectivity index (χ1n) is 16.0. The van der Waals surface area contributed by atoms with Gasteiger partial charge in [0, 0.05) is 25.0 Å². The number of hydrogen-bond acceptors (Lipinski definition) is 3. The van der Waals surface area contributed by atoms with Gasteiger partial charge in [0.1, 0.15) is 5.76 Å². The van der Waals surface area contributed by atoms with Crippen LogP contribution in [0.15, 0.2) is 62.6 Å². The number of carbonyl (C=O) groups excluding carboxylic acids is 1. The molecule has 1 aliphatic carbocycles. The minimum absolute atomic E-state index is 0.0625. The van der Waals surface area contributed by atoms with Gasteiger partial charge in [-0.1, -0.05) is 81.0 Å². The van der Waals surface area contributed by atoms with E-state index in [9.17, 15) is 9.90 Å². The Balaban J connectivity index is 1.91. The Kier molecular flexibility index (Phi) is 12.1. The number of aliphatic hydroxyl groups excluding tert-OH is 1. The lowest BCUT2D eigenvalue weighted by molar-refractivity contribution is -0.113. The van der Waals surface area contributed by atoms with Crippen LogP contribution in [0, 0.1) is 22.7 Å². The zero-order chi connectivity index (χ0) is 31.2. The van der Waals surface area contributed by atoms with Crippen LogP contribution in [0.5, 0.6) is 0 Å². The predicted molar refractivity (Wildman–Crippen MR) is 187 cm³/mol. The molecule has 0 atom stereocenters. The number of allylic oxidation sites excluding steroid dienone is 8. The molecular formula is C38H55O2S2+. The Morgan fingerprint density at radius 2 is 1.31 bits per heavy atom. The highest BCUT2D eigenvalue weighted by Crippen LogP contribution is 2.41. The van der Waals surface area contributed by atoms with E-state index >= 15 is 0 Å². The Hall–Kier alpha value is -1.91. The van der Waals surface area contributed by atoms with E-state index in [1.54, 1.807) is 0 Å². The minimum Gasteiger partial charge on any atom is -0.506 e. The maximum atomic E-state index is 13.4. The first-order valence-corrected chi connectivity index (χ1v) is 17.6. The maximum Gasteiger partial charge on any atom is 0.218 e. The number of thioether (sulfide) groups is 1. The second-order valence-electron chi connectivity index (χ2n) is 15.4. The molecule has 4 heteroatoms. The predicted octanol–water partition coefficient (Wildman–Crippen LogP) is 12.1. The third-order valence-electron chi connectivity index (χ3n) is 7.64. The average molecular weight is 608 g/mol. The molecule has 1 N–H and O–H groups in total. The molecule has 0 radical (unpaired) electrons. The molecule has 0 aromatic carbocycles. The van der Waals surface area contributed by atoms with E-state index in [0.29, 0.717) is 23.0 Å². The van der Waals surface area contributed by atoms with Crippen molar-refractivity contribution in [1.82, 2.24) is 0 Å². The Labute approximate surface area is 265 Å². The molecule has 0 bridgehead atoms. The van der Waals surface area contributed by atoms with Gasteiger partial charge >= 0.3 is 0 Å². The van der Waals surface area contributed by atoms with E-state index in [0.717, 1.165) is 62.5 Å². The van der Waals surface area contributed by atoms with Crippen LogP contribution in [0.25, 0.3) is 6.08 Å². The van der Waals surface area contributed by atoms with Crippen molar-refractivity contribution in [2.75, 3.05) is 0 Å². The lowest BCUT2D eigenvalue weighted by Crippen LogP contribution is -2.21. The monoisotopic (exact) mass is 607 g/mol. The molecule has 0 spiro atoms. The smallest absolute Gasteiger partial charge is 0.218 e. The fraction of sp³-hybridized carbons (Fsp3) is 0.579. The summed E-state index contributed by atoms with van der Waals surface area (Å²) in [5, 5.41) is 11.1. The molecule has 1 aromatic heterocycles. The fourth-order valence-corrected chi connectivity index (χ4v) is 7.14. The highest BCUT2D eigenvalue weighted by atomic mass is 32.2. The topological polar surface area (TPSA) is 37.3 Å². The summed E-state index contributed by atoms with van der Waals surface area (Å²) in [6, 6.07) is 4.43. The van der Waals surface area contributed by atoms with Crippen LogP contribution in [0.2, 0.25) is 0 Å². The molecule has 0 saturated heterocycles. The number of Topliss-reactive ketones (excluding diaryl/α,β-unsaturated/α-hetero) is 1. The van der Waals surface area contributed by atoms with Crippen molar-refractivity contribution in [2.45, 2.75) is 121 Å². The standard InChI is InChI=1S/C38H54O2S2/c1-25(2)11-13-29-19-27(21-31(41-29)15-17-37(5,6)7)23-33-35(39)34(36(33)40)24-28-20-30(14-12-26(3)4)42-32(22-28)16-18-38(8,9)10/h19-26H,11-18H2,1-10H3/p+1. The van der Waals surface area contributed by atoms with Crippen LogP contribution in [0.1, 0.15) is 123 Å². The van der Waals surface area contributed by atoms with Crippen LogP contribution in [-0.4, -0.2) is 10.9 Å². The highest BCUT2D eigenvalue weighted by Gasteiger charge is 2.33. The molecular weight excluding hydrogens is 553 g/mol. The second kappa shape index (κ2) is 14.7. The maximum absolute atomic E-state index is 13.4. The van der Waals surface area contributed by atoms with Crippen LogP contribution < -0.4 is 0 Å². The molecule has 1 aromatic rings. The molecule has 0 fully saturated rings. The first kappa shape index (κ1) is 34.6. The van der Waals surface area contributed by atoms with E-state index in [2.05, 4.69) is 93.5 Å². The summed E-state index contributed by atoms with van der Waals surface area (Å²) in [4.78, 5) is 18.8. The summed E-state index contributed by atoms with van der Waals surface area (Å²) in [6.45, 7) is 22.8. The fourth-order valence-electron chi connectivity index (χ4n) is 4.84. The van der Waals surface area contributed by atoms with Crippen LogP contribution in [-0.2, 0) is 17.6 Å². The van der Waals surface area contributed by atoms with Crippen LogP contribution >= 0.6 is 23.1 Å². The molecule has 1 aliphatic heterocycles. The van der Waals surface area contributed by atoms with Gasteiger partial charge < -0.3 is 5.11 Å². The summed E-state index contributed by atoms with van der Waals surface area (Å²) in [6.07, 6.45) is 16.9. The number of aryl methyl sites for hydroxylation is 2. The number of ketones is 1. The molecule has 0 amide bonds. The van der Waals surface area contributed by atoms with Crippen LogP contribution in [0.4, 0.5) is 0 Å². The Morgan fingerprint density at radius 3 is 1.86 bits per heavy atom. The van der Waals surface area contributed by atoms with E-state index < -0.39 is 0 Å². The van der Waals surface area contributed by atoms with Gasteiger partial charge in [0.15, 0.2) is 0 Å². The van der Waals surface area contributed by atoms with Crippen LogP contribution in [0.3, 0.4) is 0 Å². The second-order valence-corrected chi connectivity index (χ2v) is 17.9. The molecule has 42 heavy (non-hydrogen) atoms. The third-order valence-corrected chi connectivity index (χ3v) is 9.97. The Bertz CT molecular complexity index is 1290. The molecule has 0 unspecified atom stereocenters. The van der Waals surface area contributed by atoms with Crippen molar-refractivity contribution in [3.63, 3.8) is 0 Å². The largest absolute Gasteiger partial charge is 0.506 e. The van der Waals surface area contributed by atoms with Crippen molar-refractivity contribution in [3.8, 4) is 0 Å². The van der Waals surface area contributed by atoms with Crippen molar-refractivity contribution in [3.05, 3.63) is 78.0 Å². The third kappa shape index (κ3) is 11.3. The van der Waals surface area contributed by atoms with Gasteiger partial charge in [-0.2, -0.15) is 0 Å². The van der Waals surface area contributed by atoms with Gasteiger partial charge in [0.25, 0.3) is 0 Å². The van der Waals surface area contributed by atoms with E-state index in [1.165, 1.54) is 19.6 Å². The lowest BCUT2D eigenvalue weighted by atomic mass is 9.85. The highest BCUT2D eigenvalue weighted by molar-refractivity contribution is 8.06. The summed E-state index contributed by atoms with van der Waals surface area (Å²) in [5.41, 5.74) is 3.45. The summed E-state index contributed by atoms with van der Waals surface area (Å²) >= 11 is 3.79. The summed E-state index contributed by atoms with van der Waals surface area (Å²) in [5.74, 6) is 1.36. The van der Waals surface area contributed by atoms with Crippen molar-refractivity contribution >= 4 is 35.0 Å². The number of hydrogen-bond donors (Lipinski definition) is 1. The van der Waals surface area contributed by atoms with Gasteiger partial charge in [-0.3, -0.25) is 4.79 Å². The van der Waals surface area contributed by atoms with Crippen molar-refractivity contribution in [1.29, 1.82) is 0 Å². The van der Waals surface area contributed by atoms with E-state index in [1.807, 2.05) is 35.3 Å². The molecule has 2 heterocycles. The number of aliphatic hydroxyl groups is 1. The number of rotatable bonds is 12. The number of carbonyl (C=O) groups is 1. The minimum atomic E-state index is -0.0625. The van der Waals surface area contributed by atoms with Gasteiger partial charge in [-0.25, -0.2) is 0 Å². The summed E-state index contributed by atoms with van der Waals surface area (Å²) in [7, 11) is 0. The van der Waals surface area contributed by atoms with Gasteiger partial charge in [-0.05, 0) is 106 Å². The zero-order valence-electron chi connectivity index (χ0n) is 27.9. The molecule has 2 aliphatic rings. The molecule has 230 valence electrons. The van der Waals surface area contributed by atoms with Crippen molar-refractivity contribution < 1.29 is 9.90 Å². The van der Waals surface area contributed by atoms with Gasteiger partial charge in [0.05, 0.1) is 11.1 Å². The van der Waals surface area contributed by atoms with Gasteiger partial charge in [0.2, 0.25) is 26.9 Å². The van der Waals surface area contributed by atoms with E-state index in [4.69, 9.17) is 0 Å². The first-order chi connectivity index (χ1) is 19.5. The van der Waals surface area contributed by atoms with Crippen molar-refractivity contribution in [2.24, 2.45) is 22.7 Å². The molecule has 2 nitrogen and oxygen atoms in total. The van der Waals surface area contributed by atoms with E-state index in [-0.39, 0.29) is 22.4 Å². The van der Waals surface area contributed by atoms with Gasteiger partial charge in [-0.15, -0.1) is 0 Å². The lowest BCUT2D eigenvalue weighted by Gasteiger charge is -2.23. The zero-order valence-corrected chi connectivity index (χ0v) is 29.6. The summed E-state index contributed by atoms with van der Waals surface area (Å²) < 4.78 is 0. The average Bonchev–Trinajstić information content (AvgIpc) is 2.89. The quantitative estimate of drug-likeness (QED) is 0.190. The Morgan fingerprint density at radius 1 is 0.786 bits per heavy atom. The molecule has 3 rings (SSSR count). The molecule has 0 saturated carbocycles. The SMILES string of the molecule is CC(C)CCC1=CC(=CC2=C(O)C(=Cc3cc(CCC(C)C)[s+]c(CCC(C)(C)C)c3)C2=O)C=C(CCC(C)(C)C)S1.